The van der Waals surface area contributed by atoms with Crippen LogP contribution in [0.15, 0.2) is 18.2 Å². The highest BCUT2D eigenvalue weighted by Gasteiger charge is 2.24. The van der Waals surface area contributed by atoms with Crippen LogP contribution >= 0.6 is 0 Å². The summed E-state index contributed by atoms with van der Waals surface area (Å²) >= 11 is 0. The Labute approximate surface area is 111 Å². The van der Waals surface area contributed by atoms with Gasteiger partial charge < -0.3 is 10.1 Å². The lowest BCUT2D eigenvalue weighted by atomic mass is 9.92. The molecule has 0 aliphatic heterocycles. The molecule has 1 aromatic carbocycles. The second-order valence-corrected chi connectivity index (χ2v) is 5.46. The van der Waals surface area contributed by atoms with Crippen molar-refractivity contribution in [2.75, 3.05) is 7.05 Å². The van der Waals surface area contributed by atoms with Gasteiger partial charge in [-0.05, 0) is 44.9 Å². The zero-order valence-corrected chi connectivity index (χ0v) is 11.8. The molecule has 0 radical (unpaired) electrons. The van der Waals surface area contributed by atoms with Crippen molar-refractivity contribution in [2.24, 2.45) is 0 Å². The van der Waals surface area contributed by atoms with Crippen LogP contribution in [0, 0.1) is 13.8 Å². The van der Waals surface area contributed by atoms with E-state index in [-0.39, 0.29) is 0 Å². The highest BCUT2D eigenvalue weighted by Crippen LogP contribution is 2.23. The van der Waals surface area contributed by atoms with E-state index in [9.17, 15) is 0 Å². The molecular formula is C16H25NO. The van der Waals surface area contributed by atoms with Crippen molar-refractivity contribution in [1.82, 2.24) is 5.32 Å². The molecule has 1 aliphatic rings. The van der Waals surface area contributed by atoms with Crippen LogP contribution in [-0.4, -0.2) is 19.2 Å². The molecule has 0 heterocycles. The molecule has 2 unspecified atom stereocenters. The monoisotopic (exact) mass is 247 g/mol. The normalized spacial score (nSPS) is 24.2. The number of nitrogens with one attached hydrogen (secondary N) is 1. The predicted octanol–water partition coefficient (Wildman–Crippen LogP) is 3.35. The number of hydrogen-bond donors (Lipinski definition) is 1. The minimum absolute atomic E-state index is 0.378. The first-order valence-corrected chi connectivity index (χ1v) is 7.05. The van der Waals surface area contributed by atoms with Crippen LogP contribution in [0.25, 0.3) is 0 Å². The Bertz CT molecular complexity index is 389. The third kappa shape index (κ3) is 3.33. The zero-order valence-electron chi connectivity index (χ0n) is 11.8. The van der Waals surface area contributed by atoms with Crippen LogP contribution in [-0.2, 0) is 11.3 Å². The lowest BCUT2D eigenvalue weighted by Crippen LogP contribution is -2.41. The van der Waals surface area contributed by atoms with Gasteiger partial charge in [0.25, 0.3) is 0 Å². The molecule has 1 N–H and O–H groups in total. The average Bonchev–Trinajstić information content (AvgIpc) is 2.40. The Hall–Kier alpha value is -0.860. The van der Waals surface area contributed by atoms with Gasteiger partial charge >= 0.3 is 0 Å². The van der Waals surface area contributed by atoms with Crippen molar-refractivity contribution in [2.45, 2.75) is 58.3 Å². The van der Waals surface area contributed by atoms with Crippen LogP contribution in [0.1, 0.15) is 42.4 Å². The fraction of sp³-hybridized carbons (Fsp3) is 0.625. The Morgan fingerprint density at radius 2 is 2.00 bits per heavy atom. The maximum atomic E-state index is 6.15. The summed E-state index contributed by atoms with van der Waals surface area (Å²) < 4.78 is 6.15. The van der Waals surface area contributed by atoms with Gasteiger partial charge in [0.05, 0.1) is 12.7 Å². The highest BCUT2D eigenvalue weighted by atomic mass is 16.5. The van der Waals surface area contributed by atoms with Gasteiger partial charge in [0.1, 0.15) is 0 Å². The Kier molecular flexibility index (Phi) is 4.79. The van der Waals surface area contributed by atoms with Gasteiger partial charge in [-0.25, -0.2) is 0 Å². The van der Waals surface area contributed by atoms with E-state index in [0.29, 0.717) is 12.1 Å². The van der Waals surface area contributed by atoms with E-state index in [1.165, 1.54) is 42.4 Å². The summed E-state index contributed by atoms with van der Waals surface area (Å²) in [6.45, 7) is 5.05. The van der Waals surface area contributed by atoms with Crippen LogP contribution in [0.3, 0.4) is 0 Å². The molecule has 0 aromatic heterocycles. The van der Waals surface area contributed by atoms with Gasteiger partial charge in [-0.2, -0.15) is 0 Å². The summed E-state index contributed by atoms with van der Waals surface area (Å²) in [4.78, 5) is 0. The first kappa shape index (κ1) is 13.6. The second-order valence-electron chi connectivity index (χ2n) is 5.46. The van der Waals surface area contributed by atoms with Crippen molar-refractivity contribution in [3.05, 3.63) is 34.9 Å². The Morgan fingerprint density at radius 3 is 2.78 bits per heavy atom. The SMILES string of the molecule is CNC1CCCCC1OCc1cc(C)ccc1C. The van der Waals surface area contributed by atoms with Gasteiger partial charge in [0.2, 0.25) is 0 Å². The Balaban J connectivity index is 1.95. The fourth-order valence-electron chi connectivity index (χ4n) is 2.78. The maximum Gasteiger partial charge on any atom is 0.0732 e. The molecule has 2 rings (SSSR count). The number of likely N-dealkylation sites (N-methyl/N-ethyl adjacent to an activating group) is 1. The predicted molar refractivity (Wildman–Crippen MR) is 75.8 cm³/mol. The van der Waals surface area contributed by atoms with E-state index in [2.05, 4.69) is 37.4 Å². The van der Waals surface area contributed by atoms with E-state index in [4.69, 9.17) is 4.74 Å². The number of benzene rings is 1. The van der Waals surface area contributed by atoms with E-state index in [1.807, 2.05) is 7.05 Å². The molecule has 1 aliphatic carbocycles. The largest absolute Gasteiger partial charge is 0.372 e. The molecule has 1 aromatic rings. The average molecular weight is 247 g/mol. The zero-order chi connectivity index (χ0) is 13.0. The lowest BCUT2D eigenvalue weighted by molar-refractivity contribution is -0.00381. The van der Waals surface area contributed by atoms with Crippen LogP contribution in [0.4, 0.5) is 0 Å². The molecule has 0 amide bonds. The smallest absolute Gasteiger partial charge is 0.0732 e. The van der Waals surface area contributed by atoms with Gasteiger partial charge in [-0.3, -0.25) is 0 Å². The van der Waals surface area contributed by atoms with Gasteiger partial charge in [-0.15, -0.1) is 0 Å². The summed E-state index contributed by atoms with van der Waals surface area (Å²) in [5.74, 6) is 0. The first-order chi connectivity index (χ1) is 8.70. The van der Waals surface area contributed by atoms with Crippen molar-refractivity contribution in [1.29, 1.82) is 0 Å². The molecule has 2 nitrogen and oxygen atoms in total. The number of ether oxygens (including phenoxy) is 1. The summed E-state index contributed by atoms with van der Waals surface area (Å²) in [7, 11) is 2.05. The molecule has 1 saturated carbocycles. The van der Waals surface area contributed by atoms with E-state index >= 15 is 0 Å². The van der Waals surface area contributed by atoms with Gasteiger partial charge in [0.15, 0.2) is 0 Å². The number of rotatable bonds is 4. The van der Waals surface area contributed by atoms with Crippen molar-refractivity contribution in [3.8, 4) is 0 Å². The molecule has 0 spiro atoms. The third-order valence-corrected chi connectivity index (χ3v) is 4.03. The fourth-order valence-corrected chi connectivity index (χ4v) is 2.78. The van der Waals surface area contributed by atoms with Gasteiger partial charge in [0, 0.05) is 6.04 Å². The van der Waals surface area contributed by atoms with E-state index in [1.54, 1.807) is 0 Å². The summed E-state index contributed by atoms with van der Waals surface area (Å²) in [5, 5.41) is 3.39. The molecule has 2 atom stereocenters. The quantitative estimate of drug-likeness (QED) is 0.881. The molecule has 0 bridgehead atoms. The van der Waals surface area contributed by atoms with Crippen LogP contribution in [0.5, 0.6) is 0 Å². The summed E-state index contributed by atoms with van der Waals surface area (Å²) in [6, 6.07) is 7.12. The molecule has 2 heteroatoms. The van der Waals surface area contributed by atoms with Gasteiger partial charge in [-0.1, -0.05) is 36.6 Å². The highest BCUT2D eigenvalue weighted by molar-refractivity contribution is 5.29. The number of hydrogen-bond acceptors (Lipinski definition) is 2. The topological polar surface area (TPSA) is 21.3 Å². The van der Waals surface area contributed by atoms with Crippen molar-refractivity contribution >= 4 is 0 Å². The first-order valence-electron chi connectivity index (χ1n) is 7.05. The maximum absolute atomic E-state index is 6.15. The third-order valence-electron chi connectivity index (χ3n) is 4.03. The second kappa shape index (κ2) is 6.35. The minimum Gasteiger partial charge on any atom is -0.372 e. The summed E-state index contributed by atoms with van der Waals surface area (Å²) in [5.41, 5.74) is 3.97. The van der Waals surface area contributed by atoms with E-state index in [0.717, 1.165) is 6.61 Å². The van der Waals surface area contributed by atoms with Crippen molar-refractivity contribution < 1.29 is 4.74 Å². The standard InChI is InChI=1S/C16H25NO/c1-12-8-9-13(2)14(10-12)11-18-16-7-5-4-6-15(16)17-3/h8-10,15-17H,4-7,11H2,1-3H3. The van der Waals surface area contributed by atoms with E-state index < -0.39 is 0 Å². The molecule has 1 fully saturated rings. The molecule has 0 saturated heterocycles. The van der Waals surface area contributed by atoms with Crippen LogP contribution in [0.2, 0.25) is 0 Å². The molecular weight excluding hydrogens is 222 g/mol. The van der Waals surface area contributed by atoms with Crippen LogP contribution < -0.4 is 5.32 Å². The lowest BCUT2D eigenvalue weighted by Gasteiger charge is -2.31. The molecule has 18 heavy (non-hydrogen) atoms. The van der Waals surface area contributed by atoms with Crippen molar-refractivity contribution in [3.63, 3.8) is 0 Å². The molecule has 100 valence electrons. The summed E-state index contributed by atoms with van der Waals surface area (Å²) in [6.07, 6.45) is 5.44. The number of aryl methyl sites for hydroxylation is 2. The Morgan fingerprint density at radius 1 is 1.22 bits per heavy atom. The minimum atomic E-state index is 0.378.